The Bertz CT molecular complexity index is 754. The van der Waals surface area contributed by atoms with Crippen LogP contribution in [-0.2, 0) is 31.4 Å². The molecule has 2 aromatic rings. The van der Waals surface area contributed by atoms with Gasteiger partial charge in [-0.3, -0.25) is 9.48 Å². The summed E-state index contributed by atoms with van der Waals surface area (Å²) in [6, 6.07) is 7.52. The van der Waals surface area contributed by atoms with Crippen LogP contribution < -0.4 is 5.32 Å². The highest BCUT2D eigenvalue weighted by atomic mass is 16.5. The monoisotopic (exact) mass is 329 g/mol. The lowest BCUT2D eigenvalue weighted by molar-refractivity contribution is -0.00903. The molecule has 1 amide bonds. The number of nitrogens with one attached hydrogen (secondary N) is 1. The third-order valence-electron chi connectivity index (χ3n) is 4.45. The normalized spacial score (nSPS) is 19.8. The van der Waals surface area contributed by atoms with E-state index in [-0.39, 0.29) is 24.7 Å². The molecule has 1 aromatic heterocycles. The number of ether oxygens (including phenoxy) is 1. The maximum absolute atomic E-state index is 12.6. The fourth-order valence-electron chi connectivity index (χ4n) is 3.36. The molecule has 2 heterocycles. The van der Waals surface area contributed by atoms with Gasteiger partial charge in [0.15, 0.2) is 5.69 Å². The predicted molar refractivity (Wildman–Crippen MR) is 89.4 cm³/mol. The number of hydrogen-bond donors (Lipinski definition) is 2. The summed E-state index contributed by atoms with van der Waals surface area (Å²) in [4.78, 5) is 12.6. The number of amides is 1. The van der Waals surface area contributed by atoms with Gasteiger partial charge in [0.05, 0.1) is 24.5 Å². The second kappa shape index (κ2) is 6.75. The van der Waals surface area contributed by atoms with Gasteiger partial charge >= 0.3 is 0 Å². The number of rotatable bonds is 4. The van der Waals surface area contributed by atoms with Crippen molar-refractivity contribution in [3.8, 4) is 0 Å². The Morgan fingerprint density at radius 3 is 2.79 bits per heavy atom. The van der Waals surface area contributed by atoms with Crippen molar-refractivity contribution in [2.75, 3.05) is 0 Å². The van der Waals surface area contributed by atoms with Crippen LogP contribution in [0.2, 0.25) is 0 Å². The topological polar surface area (TPSA) is 76.4 Å². The summed E-state index contributed by atoms with van der Waals surface area (Å²) in [7, 11) is 1.84. The zero-order valence-electron chi connectivity index (χ0n) is 14.2. The first kappa shape index (κ1) is 16.7. The van der Waals surface area contributed by atoms with Crippen molar-refractivity contribution >= 4 is 5.91 Å². The molecule has 1 aromatic carbocycles. The van der Waals surface area contributed by atoms with Gasteiger partial charge in [-0.05, 0) is 25.0 Å². The largest absolute Gasteiger partial charge is 0.392 e. The third-order valence-corrected chi connectivity index (χ3v) is 4.45. The molecule has 0 saturated heterocycles. The van der Waals surface area contributed by atoms with Crippen molar-refractivity contribution in [3.63, 3.8) is 0 Å². The number of fused-ring (bicyclic) bond motifs is 1. The summed E-state index contributed by atoms with van der Waals surface area (Å²) in [5.74, 6) is -0.194. The Morgan fingerprint density at radius 2 is 2.08 bits per heavy atom. The maximum Gasteiger partial charge on any atom is 0.272 e. The highest BCUT2D eigenvalue weighted by Gasteiger charge is 2.31. The number of nitrogens with zero attached hydrogens (tertiary/aromatic N) is 2. The van der Waals surface area contributed by atoms with Crippen LogP contribution in [0.5, 0.6) is 0 Å². The molecule has 3 rings (SSSR count). The molecule has 0 bridgehead atoms. The maximum atomic E-state index is 12.6. The van der Waals surface area contributed by atoms with Gasteiger partial charge in [0, 0.05) is 25.6 Å². The molecule has 0 fully saturated rings. The van der Waals surface area contributed by atoms with Crippen molar-refractivity contribution < 1.29 is 14.6 Å². The van der Waals surface area contributed by atoms with E-state index in [0.29, 0.717) is 18.7 Å². The van der Waals surface area contributed by atoms with Gasteiger partial charge < -0.3 is 15.2 Å². The summed E-state index contributed by atoms with van der Waals surface area (Å²) < 4.78 is 7.56. The molecule has 6 nitrogen and oxygen atoms in total. The van der Waals surface area contributed by atoms with E-state index in [0.717, 1.165) is 22.4 Å². The molecule has 6 heteroatoms. The van der Waals surface area contributed by atoms with Crippen molar-refractivity contribution in [2.24, 2.45) is 7.05 Å². The zero-order valence-corrected chi connectivity index (χ0v) is 14.2. The van der Waals surface area contributed by atoms with Crippen LogP contribution in [0.15, 0.2) is 24.3 Å². The molecule has 2 atom stereocenters. The van der Waals surface area contributed by atoms with E-state index in [4.69, 9.17) is 4.74 Å². The molecule has 0 aliphatic carbocycles. The van der Waals surface area contributed by atoms with Crippen LogP contribution in [0.1, 0.15) is 52.8 Å². The summed E-state index contributed by atoms with van der Waals surface area (Å²) in [5, 5.41) is 16.7. The number of benzene rings is 1. The average Bonchev–Trinajstić information content (AvgIpc) is 2.89. The van der Waals surface area contributed by atoms with E-state index in [9.17, 15) is 9.90 Å². The SMILES string of the molecule is C[C@@H]1Cc2c(C(=O)NCc3ccccc3CO)nn(C)c2[C@H](C)O1. The molecule has 0 radical (unpaired) electrons. The fraction of sp³-hybridized carbons (Fsp3) is 0.444. The van der Waals surface area contributed by atoms with Crippen LogP contribution in [0.4, 0.5) is 0 Å². The first-order valence-electron chi connectivity index (χ1n) is 8.18. The number of hydrogen-bond acceptors (Lipinski definition) is 4. The van der Waals surface area contributed by atoms with Gasteiger partial charge in [-0.25, -0.2) is 0 Å². The number of aromatic nitrogens is 2. The molecule has 2 N–H and O–H groups in total. The quantitative estimate of drug-likeness (QED) is 0.898. The van der Waals surface area contributed by atoms with Crippen molar-refractivity contribution in [3.05, 3.63) is 52.3 Å². The Labute approximate surface area is 141 Å². The molecule has 0 saturated carbocycles. The Morgan fingerprint density at radius 1 is 1.38 bits per heavy atom. The van der Waals surface area contributed by atoms with Crippen LogP contribution >= 0.6 is 0 Å². The number of carbonyl (C=O) groups is 1. The minimum atomic E-state index is -0.194. The Balaban J connectivity index is 1.80. The lowest BCUT2D eigenvalue weighted by Crippen LogP contribution is -2.27. The Kier molecular flexibility index (Phi) is 4.69. The molecular weight excluding hydrogens is 306 g/mol. The van der Waals surface area contributed by atoms with Crippen molar-refractivity contribution in [1.82, 2.24) is 15.1 Å². The summed E-state index contributed by atoms with van der Waals surface area (Å²) in [6.07, 6.45) is 0.681. The summed E-state index contributed by atoms with van der Waals surface area (Å²) in [5.41, 5.74) is 4.13. The summed E-state index contributed by atoms with van der Waals surface area (Å²) >= 11 is 0. The highest BCUT2D eigenvalue weighted by molar-refractivity contribution is 5.94. The second-order valence-electron chi connectivity index (χ2n) is 6.24. The standard InChI is InChI=1S/C18H23N3O3/c1-11-8-15-16(20-21(3)17(15)12(2)24-11)18(23)19-9-13-6-4-5-7-14(13)10-22/h4-7,11-12,22H,8-10H2,1-3H3,(H,19,23)/t11-,12+/m1/s1. The number of aliphatic hydroxyl groups is 1. The second-order valence-corrected chi connectivity index (χ2v) is 6.24. The number of aliphatic hydroxyl groups excluding tert-OH is 1. The van der Waals surface area contributed by atoms with Gasteiger partial charge in [-0.2, -0.15) is 5.10 Å². The van der Waals surface area contributed by atoms with Gasteiger partial charge in [-0.15, -0.1) is 0 Å². The minimum Gasteiger partial charge on any atom is -0.392 e. The highest BCUT2D eigenvalue weighted by Crippen LogP contribution is 2.31. The number of aryl methyl sites for hydroxylation is 1. The van der Waals surface area contributed by atoms with Crippen molar-refractivity contribution in [2.45, 2.75) is 45.6 Å². The van der Waals surface area contributed by atoms with Gasteiger partial charge in [-0.1, -0.05) is 24.3 Å². The van der Waals surface area contributed by atoms with E-state index >= 15 is 0 Å². The molecular formula is C18H23N3O3. The number of carbonyl (C=O) groups excluding carboxylic acids is 1. The molecule has 1 aliphatic rings. The van der Waals surface area contributed by atoms with Crippen LogP contribution in [-0.4, -0.2) is 26.9 Å². The van der Waals surface area contributed by atoms with Crippen LogP contribution in [0, 0.1) is 0 Å². The predicted octanol–water partition coefficient (Wildman–Crippen LogP) is 1.86. The van der Waals surface area contributed by atoms with Crippen molar-refractivity contribution in [1.29, 1.82) is 0 Å². The fourth-order valence-corrected chi connectivity index (χ4v) is 3.36. The molecule has 24 heavy (non-hydrogen) atoms. The molecule has 0 unspecified atom stereocenters. The minimum absolute atomic E-state index is 0.0442. The third kappa shape index (κ3) is 3.07. The van der Waals surface area contributed by atoms with Gasteiger partial charge in [0.2, 0.25) is 0 Å². The van der Waals surface area contributed by atoms with Crippen LogP contribution in [0.3, 0.4) is 0 Å². The lowest BCUT2D eigenvalue weighted by atomic mass is 9.99. The zero-order chi connectivity index (χ0) is 17.3. The van der Waals surface area contributed by atoms with Crippen LogP contribution in [0.25, 0.3) is 0 Å². The molecule has 128 valence electrons. The van der Waals surface area contributed by atoms with E-state index in [1.807, 2.05) is 45.2 Å². The smallest absolute Gasteiger partial charge is 0.272 e. The molecule has 0 spiro atoms. The molecule has 1 aliphatic heterocycles. The van der Waals surface area contributed by atoms with E-state index in [2.05, 4.69) is 10.4 Å². The lowest BCUT2D eigenvalue weighted by Gasteiger charge is -2.26. The van der Waals surface area contributed by atoms with E-state index in [1.54, 1.807) is 4.68 Å². The first-order chi connectivity index (χ1) is 11.5. The average molecular weight is 329 g/mol. The summed E-state index contributed by atoms with van der Waals surface area (Å²) in [6.45, 7) is 4.31. The van der Waals surface area contributed by atoms with Gasteiger partial charge in [0.25, 0.3) is 5.91 Å². The van der Waals surface area contributed by atoms with E-state index < -0.39 is 0 Å². The van der Waals surface area contributed by atoms with Gasteiger partial charge in [0.1, 0.15) is 0 Å². The Hall–Kier alpha value is -2.18. The first-order valence-corrected chi connectivity index (χ1v) is 8.18. The van der Waals surface area contributed by atoms with E-state index in [1.165, 1.54) is 0 Å².